The van der Waals surface area contributed by atoms with Crippen molar-refractivity contribution in [3.05, 3.63) is 29.3 Å². The van der Waals surface area contributed by atoms with Gasteiger partial charge in [0.25, 0.3) is 5.91 Å². The number of carbonyl (C=O) groups excluding carboxylic acids is 3. The molecule has 2 unspecified atom stereocenters. The highest BCUT2D eigenvalue weighted by Gasteiger charge is 2.26. The zero-order chi connectivity index (χ0) is 22.4. The van der Waals surface area contributed by atoms with Gasteiger partial charge in [0.1, 0.15) is 0 Å². The summed E-state index contributed by atoms with van der Waals surface area (Å²) in [6, 6.07) is 5.44. The summed E-state index contributed by atoms with van der Waals surface area (Å²) in [6.07, 6.45) is 7.51. The van der Waals surface area contributed by atoms with Crippen molar-refractivity contribution in [2.24, 2.45) is 17.8 Å². The third kappa shape index (κ3) is 6.81. The van der Waals surface area contributed by atoms with Crippen LogP contribution in [0.2, 0.25) is 0 Å². The van der Waals surface area contributed by atoms with Crippen LogP contribution >= 0.6 is 0 Å². The first-order valence-electron chi connectivity index (χ1n) is 11.8. The Kier molecular flexibility index (Phi) is 8.10. The van der Waals surface area contributed by atoms with Gasteiger partial charge in [0.2, 0.25) is 11.8 Å². The van der Waals surface area contributed by atoms with Crippen molar-refractivity contribution in [2.45, 2.75) is 65.7 Å². The fourth-order valence-electron chi connectivity index (χ4n) is 5.00. The number of rotatable bonds is 6. The van der Waals surface area contributed by atoms with Crippen LogP contribution in [0.15, 0.2) is 18.2 Å². The molecule has 2 atom stereocenters. The normalized spacial score (nSPS) is 22.1. The molecule has 1 aliphatic carbocycles. The van der Waals surface area contributed by atoms with E-state index in [-0.39, 0.29) is 24.3 Å². The van der Waals surface area contributed by atoms with Crippen molar-refractivity contribution in [1.82, 2.24) is 10.2 Å². The van der Waals surface area contributed by atoms with Gasteiger partial charge < -0.3 is 15.5 Å². The van der Waals surface area contributed by atoms with Crippen molar-refractivity contribution in [3.63, 3.8) is 0 Å². The van der Waals surface area contributed by atoms with Gasteiger partial charge in [-0.2, -0.15) is 0 Å². The summed E-state index contributed by atoms with van der Waals surface area (Å²) in [5.74, 6) is 1.11. The van der Waals surface area contributed by atoms with Crippen molar-refractivity contribution in [2.75, 3.05) is 25.0 Å². The Morgan fingerprint density at radius 2 is 1.68 bits per heavy atom. The molecule has 0 spiro atoms. The number of nitrogens with one attached hydrogen (secondary N) is 2. The molecule has 6 heteroatoms. The van der Waals surface area contributed by atoms with E-state index in [0.29, 0.717) is 35.4 Å². The predicted octanol–water partition coefficient (Wildman–Crippen LogP) is 4.14. The molecule has 170 valence electrons. The molecule has 1 aromatic rings. The average molecular weight is 428 g/mol. The van der Waals surface area contributed by atoms with Gasteiger partial charge in [0.15, 0.2) is 0 Å². The Hall–Kier alpha value is -2.37. The first-order chi connectivity index (χ1) is 14.8. The second-order valence-electron chi connectivity index (χ2n) is 9.72. The quantitative estimate of drug-likeness (QED) is 0.716. The highest BCUT2D eigenvalue weighted by molar-refractivity contribution is 5.99. The van der Waals surface area contributed by atoms with E-state index in [1.807, 2.05) is 24.0 Å². The number of nitrogens with zero attached hydrogens (tertiary/aromatic N) is 1. The number of piperidine rings is 1. The number of carbonyl (C=O) groups is 3. The Balaban J connectivity index is 1.54. The number of hydrogen-bond acceptors (Lipinski definition) is 3. The summed E-state index contributed by atoms with van der Waals surface area (Å²) in [4.78, 5) is 39.5. The van der Waals surface area contributed by atoms with Gasteiger partial charge in [-0.05, 0) is 61.6 Å². The van der Waals surface area contributed by atoms with Crippen LogP contribution in [-0.2, 0) is 9.59 Å². The van der Waals surface area contributed by atoms with Crippen LogP contribution < -0.4 is 10.6 Å². The van der Waals surface area contributed by atoms with Crippen LogP contribution in [-0.4, -0.2) is 42.3 Å². The third-order valence-electron chi connectivity index (χ3n) is 6.56. The summed E-state index contributed by atoms with van der Waals surface area (Å²) in [7, 11) is 0. The molecule has 2 aliphatic rings. The number of aryl methyl sites for hydroxylation is 1. The van der Waals surface area contributed by atoms with E-state index < -0.39 is 0 Å². The van der Waals surface area contributed by atoms with E-state index in [0.717, 1.165) is 37.9 Å². The van der Waals surface area contributed by atoms with Gasteiger partial charge in [0, 0.05) is 30.8 Å². The van der Waals surface area contributed by atoms with Crippen LogP contribution in [0, 0.1) is 24.7 Å². The van der Waals surface area contributed by atoms with Crippen LogP contribution in [0.5, 0.6) is 0 Å². The SMILES string of the molecule is Cc1ccc(C(=O)N2CC(C)CC(C)C2)cc1NC(=O)CNC(=O)CC1CCCCC1. The maximum Gasteiger partial charge on any atom is 0.253 e. The molecule has 1 aromatic carbocycles. The number of benzene rings is 1. The van der Waals surface area contributed by atoms with E-state index >= 15 is 0 Å². The van der Waals surface area contributed by atoms with E-state index in [1.54, 1.807) is 6.07 Å². The minimum atomic E-state index is -0.273. The summed E-state index contributed by atoms with van der Waals surface area (Å²) in [6.45, 7) is 7.75. The van der Waals surface area contributed by atoms with Crippen LogP contribution in [0.1, 0.15) is 74.7 Å². The molecule has 0 radical (unpaired) electrons. The predicted molar refractivity (Wildman–Crippen MR) is 123 cm³/mol. The Morgan fingerprint density at radius 3 is 2.35 bits per heavy atom. The third-order valence-corrected chi connectivity index (χ3v) is 6.56. The lowest BCUT2D eigenvalue weighted by Gasteiger charge is -2.35. The molecule has 0 bridgehead atoms. The van der Waals surface area contributed by atoms with E-state index in [4.69, 9.17) is 0 Å². The number of likely N-dealkylation sites (tertiary alicyclic amines) is 1. The molecule has 1 saturated heterocycles. The van der Waals surface area contributed by atoms with E-state index in [1.165, 1.54) is 19.3 Å². The van der Waals surface area contributed by atoms with Crippen LogP contribution in [0.25, 0.3) is 0 Å². The fourth-order valence-corrected chi connectivity index (χ4v) is 5.00. The minimum absolute atomic E-state index is 0.00897. The molecule has 0 aromatic heterocycles. The zero-order valence-electron chi connectivity index (χ0n) is 19.2. The highest BCUT2D eigenvalue weighted by atomic mass is 16.2. The number of amides is 3. The van der Waals surface area contributed by atoms with Gasteiger partial charge in [-0.25, -0.2) is 0 Å². The van der Waals surface area contributed by atoms with Crippen molar-refractivity contribution < 1.29 is 14.4 Å². The molecule has 2 N–H and O–H groups in total. The molecule has 3 rings (SSSR count). The topological polar surface area (TPSA) is 78.5 Å². The summed E-state index contributed by atoms with van der Waals surface area (Å²) in [5, 5.41) is 5.60. The van der Waals surface area contributed by atoms with Gasteiger partial charge in [-0.1, -0.05) is 39.2 Å². The standard InChI is InChI=1S/C25H37N3O3/c1-17-11-18(2)16-28(15-17)25(31)21-10-9-19(3)22(13-21)27-24(30)14-26-23(29)12-20-7-5-4-6-8-20/h9-10,13,17-18,20H,4-8,11-12,14-16H2,1-3H3,(H,26,29)(H,27,30). The Bertz CT molecular complexity index is 791. The van der Waals surface area contributed by atoms with Crippen LogP contribution in [0.4, 0.5) is 5.69 Å². The smallest absolute Gasteiger partial charge is 0.253 e. The first-order valence-corrected chi connectivity index (χ1v) is 11.8. The van der Waals surface area contributed by atoms with Gasteiger partial charge in [-0.3, -0.25) is 14.4 Å². The molecule has 31 heavy (non-hydrogen) atoms. The molecule has 2 fully saturated rings. The Labute approximate surface area is 186 Å². The average Bonchev–Trinajstić information content (AvgIpc) is 2.73. The van der Waals surface area contributed by atoms with Crippen molar-refractivity contribution in [3.8, 4) is 0 Å². The lowest BCUT2D eigenvalue weighted by atomic mass is 9.87. The van der Waals surface area contributed by atoms with E-state index in [9.17, 15) is 14.4 Å². The van der Waals surface area contributed by atoms with Crippen molar-refractivity contribution >= 4 is 23.4 Å². The molecule has 6 nitrogen and oxygen atoms in total. The lowest BCUT2D eigenvalue weighted by Crippen LogP contribution is -2.42. The second-order valence-corrected chi connectivity index (χ2v) is 9.72. The first kappa shape index (κ1) is 23.3. The maximum absolute atomic E-state index is 13.0. The molecule has 1 saturated carbocycles. The maximum atomic E-state index is 13.0. The van der Waals surface area contributed by atoms with Gasteiger partial charge in [0.05, 0.1) is 6.54 Å². The summed E-state index contributed by atoms with van der Waals surface area (Å²) < 4.78 is 0. The van der Waals surface area contributed by atoms with Gasteiger partial charge in [-0.15, -0.1) is 0 Å². The molecule has 3 amide bonds. The second kappa shape index (κ2) is 10.8. The molecule has 1 aliphatic heterocycles. The van der Waals surface area contributed by atoms with E-state index in [2.05, 4.69) is 24.5 Å². The Morgan fingerprint density at radius 1 is 1.00 bits per heavy atom. The molecular formula is C25H37N3O3. The number of hydrogen-bond donors (Lipinski definition) is 2. The lowest BCUT2D eigenvalue weighted by molar-refractivity contribution is -0.125. The van der Waals surface area contributed by atoms with Gasteiger partial charge >= 0.3 is 0 Å². The monoisotopic (exact) mass is 427 g/mol. The minimum Gasteiger partial charge on any atom is -0.347 e. The number of anilines is 1. The molecule has 1 heterocycles. The fraction of sp³-hybridized carbons (Fsp3) is 0.640. The zero-order valence-corrected chi connectivity index (χ0v) is 19.2. The van der Waals surface area contributed by atoms with Crippen molar-refractivity contribution in [1.29, 1.82) is 0 Å². The largest absolute Gasteiger partial charge is 0.347 e. The highest BCUT2D eigenvalue weighted by Crippen LogP contribution is 2.26. The summed E-state index contributed by atoms with van der Waals surface area (Å²) >= 11 is 0. The summed E-state index contributed by atoms with van der Waals surface area (Å²) in [5.41, 5.74) is 2.10. The van der Waals surface area contributed by atoms with Crippen LogP contribution in [0.3, 0.4) is 0 Å². The molecular weight excluding hydrogens is 390 g/mol.